The highest BCUT2D eigenvalue weighted by molar-refractivity contribution is 5.60. The third-order valence-electron chi connectivity index (χ3n) is 6.10. The molecule has 0 aliphatic carbocycles. The van der Waals surface area contributed by atoms with Gasteiger partial charge in [-0.15, -0.1) is 0 Å². The molecule has 0 fully saturated rings. The zero-order valence-corrected chi connectivity index (χ0v) is 20.5. The van der Waals surface area contributed by atoms with Gasteiger partial charge in [-0.2, -0.15) is 0 Å². The highest BCUT2D eigenvalue weighted by atomic mass is 19.1. The molecule has 0 saturated carbocycles. The van der Waals surface area contributed by atoms with Crippen molar-refractivity contribution < 1.29 is 9.13 Å². The van der Waals surface area contributed by atoms with Crippen LogP contribution in [0.3, 0.4) is 0 Å². The van der Waals surface area contributed by atoms with Gasteiger partial charge in [-0.1, -0.05) is 77.7 Å². The van der Waals surface area contributed by atoms with E-state index in [-0.39, 0.29) is 0 Å². The molecule has 1 aromatic heterocycles. The van der Waals surface area contributed by atoms with Gasteiger partial charge in [0, 0.05) is 11.8 Å². The standard InChI is InChI=1S/C29H44FNO/c1-3-5-7-8-9-10-11-12-23-32-28-20-18-26(19-21-28)29-22-17-25(24-31-29)14-13-16-27(30)15-6-4-2/h17-22,24,27H,3-16,23H2,1-2H3. The van der Waals surface area contributed by atoms with Crippen LogP contribution in [0.2, 0.25) is 0 Å². The predicted octanol–water partition coefficient (Wildman–Crippen LogP) is 9.12. The fourth-order valence-corrected chi connectivity index (χ4v) is 3.99. The maximum Gasteiger partial charge on any atom is 0.119 e. The Morgan fingerprint density at radius 2 is 1.41 bits per heavy atom. The largest absolute Gasteiger partial charge is 0.494 e. The van der Waals surface area contributed by atoms with Gasteiger partial charge in [0.1, 0.15) is 11.9 Å². The Hall–Kier alpha value is -1.90. The summed E-state index contributed by atoms with van der Waals surface area (Å²) in [5.74, 6) is 0.928. The Kier molecular flexibility index (Phi) is 13.7. The van der Waals surface area contributed by atoms with E-state index in [1.807, 2.05) is 18.3 Å². The minimum atomic E-state index is -0.654. The molecule has 0 amide bonds. The van der Waals surface area contributed by atoms with Crippen molar-refractivity contribution in [2.24, 2.45) is 0 Å². The van der Waals surface area contributed by atoms with Crippen molar-refractivity contribution in [2.75, 3.05) is 6.61 Å². The molecule has 32 heavy (non-hydrogen) atoms. The highest BCUT2D eigenvalue weighted by Crippen LogP contribution is 2.22. The number of ether oxygens (including phenoxy) is 1. The van der Waals surface area contributed by atoms with Crippen LogP contribution in [-0.2, 0) is 6.42 Å². The van der Waals surface area contributed by atoms with E-state index in [2.05, 4.69) is 43.1 Å². The number of aromatic nitrogens is 1. The highest BCUT2D eigenvalue weighted by Gasteiger charge is 2.06. The van der Waals surface area contributed by atoms with Crippen LogP contribution in [0.4, 0.5) is 4.39 Å². The van der Waals surface area contributed by atoms with Crippen LogP contribution >= 0.6 is 0 Å². The molecule has 1 aromatic carbocycles. The Labute approximate surface area is 196 Å². The lowest BCUT2D eigenvalue weighted by Gasteiger charge is -2.09. The van der Waals surface area contributed by atoms with E-state index in [1.54, 1.807) is 0 Å². The van der Waals surface area contributed by atoms with Crippen molar-refractivity contribution in [3.8, 4) is 17.0 Å². The van der Waals surface area contributed by atoms with Gasteiger partial charge in [0.05, 0.1) is 12.3 Å². The van der Waals surface area contributed by atoms with E-state index in [0.717, 1.165) is 55.7 Å². The topological polar surface area (TPSA) is 22.1 Å². The summed E-state index contributed by atoms with van der Waals surface area (Å²) in [6.45, 7) is 5.16. The molecular weight excluding hydrogens is 397 g/mol. The number of unbranched alkanes of at least 4 members (excludes halogenated alkanes) is 8. The van der Waals surface area contributed by atoms with Crippen LogP contribution in [0, 0.1) is 0 Å². The van der Waals surface area contributed by atoms with E-state index >= 15 is 0 Å². The van der Waals surface area contributed by atoms with Crippen LogP contribution in [0.15, 0.2) is 42.6 Å². The number of rotatable bonds is 18. The van der Waals surface area contributed by atoms with Gasteiger partial charge in [-0.05, 0) is 68.0 Å². The number of nitrogens with zero attached hydrogens (tertiary/aromatic N) is 1. The van der Waals surface area contributed by atoms with Crippen LogP contribution < -0.4 is 4.74 Å². The van der Waals surface area contributed by atoms with E-state index in [0.29, 0.717) is 12.8 Å². The van der Waals surface area contributed by atoms with Crippen molar-refractivity contribution in [3.05, 3.63) is 48.2 Å². The molecule has 0 N–H and O–H groups in total. The summed E-state index contributed by atoms with van der Waals surface area (Å²) in [5.41, 5.74) is 3.25. The molecule has 0 spiro atoms. The Balaban J connectivity index is 1.64. The molecule has 0 saturated heterocycles. The SMILES string of the molecule is CCCCCCCCCCOc1ccc(-c2ccc(CCCC(F)CCCC)cn2)cc1. The second-order valence-electron chi connectivity index (χ2n) is 9.03. The third kappa shape index (κ3) is 11.1. The summed E-state index contributed by atoms with van der Waals surface area (Å²) in [6, 6.07) is 12.4. The Bertz CT molecular complexity index is 698. The molecule has 1 unspecified atom stereocenters. The van der Waals surface area contributed by atoms with Crippen molar-refractivity contribution >= 4 is 0 Å². The molecule has 1 atom stereocenters. The van der Waals surface area contributed by atoms with Gasteiger partial charge in [0.25, 0.3) is 0 Å². The molecule has 2 rings (SSSR count). The third-order valence-corrected chi connectivity index (χ3v) is 6.10. The smallest absolute Gasteiger partial charge is 0.119 e. The van der Waals surface area contributed by atoms with Gasteiger partial charge >= 0.3 is 0 Å². The summed E-state index contributed by atoms with van der Waals surface area (Å²) in [7, 11) is 0. The van der Waals surface area contributed by atoms with Crippen LogP contribution in [0.25, 0.3) is 11.3 Å². The number of pyridine rings is 1. The maximum atomic E-state index is 13.8. The second-order valence-corrected chi connectivity index (χ2v) is 9.03. The summed E-state index contributed by atoms with van der Waals surface area (Å²) in [4.78, 5) is 4.61. The normalized spacial score (nSPS) is 12.1. The van der Waals surface area contributed by atoms with E-state index in [1.165, 1.54) is 50.5 Å². The first kappa shape index (κ1) is 26.4. The molecule has 0 aliphatic rings. The molecule has 1 heterocycles. The zero-order chi connectivity index (χ0) is 22.9. The Morgan fingerprint density at radius 3 is 2.06 bits per heavy atom. The van der Waals surface area contributed by atoms with E-state index in [9.17, 15) is 4.39 Å². The first-order valence-electron chi connectivity index (χ1n) is 13.0. The number of hydrogen-bond donors (Lipinski definition) is 0. The molecular formula is C29H44FNO. The molecule has 178 valence electrons. The van der Waals surface area contributed by atoms with Crippen LogP contribution in [0.1, 0.15) is 103 Å². The van der Waals surface area contributed by atoms with Gasteiger partial charge in [-0.3, -0.25) is 4.98 Å². The van der Waals surface area contributed by atoms with Gasteiger partial charge in [-0.25, -0.2) is 4.39 Å². The zero-order valence-electron chi connectivity index (χ0n) is 20.5. The fraction of sp³-hybridized carbons (Fsp3) is 0.621. The summed E-state index contributed by atoms with van der Waals surface area (Å²) >= 11 is 0. The molecule has 2 nitrogen and oxygen atoms in total. The second kappa shape index (κ2) is 16.7. The lowest BCUT2D eigenvalue weighted by Crippen LogP contribution is -2.01. The van der Waals surface area contributed by atoms with E-state index in [4.69, 9.17) is 4.74 Å². The number of hydrogen-bond acceptors (Lipinski definition) is 2. The van der Waals surface area contributed by atoms with Gasteiger partial charge < -0.3 is 4.74 Å². The predicted molar refractivity (Wildman–Crippen MR) is 135 cm³/mol. The molecule has 0 aliphatic heterocycles. The lowest BCUT2D eigenvalue weighted by molar-refractivity contribution is 0.284. The van der Waals surface area contributed by atoms with Crippen molar-refractivity contribution in [1.29, 1.82) is 0 Å². The summed E-state index contributed by atoms with van der Waals surface area (Å²) in [5, 5.41) is 0. The maximum absolute atomic E-state index is 13.8. The number of benzene rings is 1. The van der Waals surface area contributed by atoms with Crippen LogP contribution in [0.5, 0.6) is 5.75 Å². The molecule has 2 aromatic rings. The van der Waals surface area contributed by atoms with Crippen molar-refractivity contribution in [1.82, 2.24) is 4.98 Å². The average Bonchev–Trinajstić information content (AvgIpc) is 2.82. The number of alkyl halides is 1. The average molecular weight is 442 g/mol. The molecule has 3 heteroatoms. The van der Waals surface area contributed by atoms with Gasteiger partial charge in [0.2, 0.25) is 0 Å². The quantitative estimate of drug-likeness (QED) is 0.215. The minimum absolute atomic E-state index is 0.654. The monoisotopic (exact) mass is 441 g/mol. The fourth-order valence-electron chi connectivity index (χ4n) is 3.99. The lowest BCUT2D eigenvalue weighted by atomic mass is 10.0. The van der Waals surface area contributed by atoms with E-state index < -0.39 is 6.17 Å². The number of halogens is 1. The number of aryl methyl sites for hydroxylation is 1. The summed E-state index contributed by atoms with van der Waals surface area (Å²) < 4.78 is 19.7. The minimum Gasteiger partial charge on any atom is -0.494 e. The first-order valence-corrected chi connectivity index (χ1v) is 13.0. The van der Waals surface area contributed by atoms with Crippen LogP contribution in [-0.4, -0.2) is 17.8 Å². The van der Waals surface area contributed by atoms with Crippen molar-refractivity contribution in [3.63, 3.8) is 0 Å². The molecule has 0 radical (unpaired) electrons. The first-order chi connectivity index (χ1) is 15.7. The van der Waals surface area contributed by atoms with Gasteiger partial charge in [0.15, 0.2) is 0 Å². The Morgan fingerprint density at radius 1 is 0.750 bits per heavy atom. The van der Waals surface area contributed by atoms with Crippen molar-refractivity contribution in [2.45, 2.75) is 110 Å². The summed E-state index contributed by atoms with van der Waals surface area (Å²) in [6.07, 6.45) is 17.0. The molecule has 0 bridgehead atoms.